The minimum Gasteiger partial charge on any atom is -0.337 e. The molecule has 0 saturated carbocycles. The first-order valence-electron chi connectivity index (χ1n) is 8.85. The van der Waals surface area contributed by atoms with Crippen molar-refractivity contribution in [3.63, 3.8) is 0 Å². The molecular weight excluding hydrogens is 340 g/mol. The van der Waals surface area contributed by atoms with Crippen molar-refractivity contribution in [3.05, 3.63) is 35.5 Å². The molecule has 2 nitrogen and oxygen atoms in total. The summed E-state index contributed by atoms with van der Waals surface area (Å²) >= 11 is 1.74. The lowest BCUT2D eigenvalue weighted by atomic mass is 10.0. The fourth-order valence-electron chi connectivity index (χ4n) is 3.18. The first kappa shape index (κ1) is 20.0. The Morgan fingerprint density at radius 3 is 2.52 bits per heavy atom. The Kier molecular flexibility index (Phi) is 5.97. The van der Waals surface area contributed by atoms with Crippen LogP contribution in [-0.4, -0.2) is 23.0 Å². The number of carbonyl (C=O) groups is 1. The number of alkyl halides is 2. The third-order valence-electron chi connectivity index (χ3n) is 4.04. The maximum atomic E-state index is 13.3. The maximum Gasteiger partial charge on any atom is 0.249 e. The molecule has 0 atom stereocenters. The maximum absolute atomic E-state index is 13.3. The number of hydrogen-bond donors (Lipinski definition) is 0. The van der Waals surface area contributed by atoms with E-state index in [0.29, 0.717) is 18.5 Å². The molecule has 25 heavy (non-hydrogen) atoms. The van der Waals surface area contributed by atoms with Gasteiger partial charge in [-0.2, -0.15) is 0 Å². The minimum atomic E-state index is -2.73. The third-order valence-corrected chi connectivity index (χ3v) is 5.29. The Balaban J connectivity index is 0.00000109. The van der Waals surface area contributed by atoms with Crippen LogP contribution in [0.2, 0.25) is 0 Å². The number of fused-ring (bicyclic) bond motifs is 1. The summed E-state index contributed by atoms with van der Waals surface area (Å²) in [5, 5.41) is 0. The number of benzene rings is 1. The van der Waals surface area contributed by atoms with Crippen molar-refractivity contribution < 1.29 is 13.6 Å². The smallest absolute Gasteiger partial charge is 0.249 e. The van der Waals surface area contributed by atoms with Crippen LogP contribution in [0.15, 0.2) is 34.9 Å². The van der Waals surface area contributed by atoms with Gasteiger partial charge in [-0.1, -0.05) is 26.0 Å². The average Bonchev–Trinajstić information content (AvgIpc) is 2.93. The van der Waals surface area contributed by atoms with Crippen molar-refractivity contribution in [2.24, 2.45) is 0 Å². The lowest BCUT2D eigenvalue weighted by molar-refractivity contribution is -0.115. The van der Waals surface area contributed by atoms with Gasteiger partial charge >= 0.3 is 0 Å². The molecular formula is C20H27F2NOS. The highest BCUT2D eigenvalue weighted by Crippen LogP contribution is 2.46. The molecule has 0 amide bonds. The van der Waals surface area contributed by atoms with Crippen LogP contribution in [0.25, 0.3) is 0 Å². The summed E-state index contributed by atoms with van der Waals surface area (Å²) in [5.41, 5.74) is 2.21. The molecule has 0 saturated heterocycles. The third kappa shape index (κ3) is 4.84. The predicted octanol–water partition coefficient (Wildman–Crippen LogP) is 5.85. The van der Waals surface area contributed by atoms with Gasteiger partial charge in [-0.3, -0.25) is 4.79 Å². The number of Topliss-reactive ketones (excluding diaryl/α,β-unsaturated/α-hetero) is 1. The quantitative estimate of drug-likeness (QED) is 0.668. The fraction of sp³-hybridized carbons (Fsp3) is 0.550. The Labute approximate surface area is 153 Å². The van der Waals surface area contributed by atoms with Crippen LogP contribution < -0.4 is 4.90 Å². The zero-order valence-electron chi connectivity index (χ0n) is 15.7. The number of rotatable bonds is 3. The van der Waals surface area contributed by atoms with Gasteiger partial charge in [0.05, 0.1) is 11.4 Å². The van der Waals surface area contributed by atoms with Crippen LogP contribution in [0.3, 0.4) is 0 Å². The van der Waals surface area contributed by atoms with Gasteiger partial charge in [0.2, 0.25) is 5.92 Å². The highest BCUT2D eigenvalue weighted by Gasteiger charge is 2.35. The first-order valence-corrected chi connectivity index (χ1v) is 9.67. The van der Waals surface area contributed by atoms with E-state index in [2.05, 4.69) is 13.8 Å². The van der Waals surface area contributed by atoms with Gasteiger partial charge in [-0.25, -0.2) is 8.78 Å². The number of anilines is 1. The van der Waals surface area contributed by atoms with Gasteiger partial charge in [0.25, 0.3) is 0 Å². The molecule has 3 rings (SSSR count). The molecule has 0 unspecified atom stereocenters. The number of halogens is 2. The molecule has 1 aliphatic carbocycles. The summed E-state index contributed by atoms with van der Waals surface area (Å²) in [7, 11) is 0. The molecule has 0 N–H and O–H groups in total. The SMILES string of the molecule is CC.CC(F)(F)Cc1ccc2c(c1)N(C1=CCCC1=O)CC(C)(C)S2. The van der Waals surface area contributed by atoms with E-state index in [1.165, 1.54) is 0 Å². The highest BCUT2D eigenvalue weighted by atomic mass is 32.2. The van der Waals surface area contributed by atoms with E-state index in [4.69, 9.17) is 0 Å². The highest BCUT2D eigenvalue weighted by molar-refractivity contribution is 8.00. The molecule has 0 radical (unpaired) electrons. The number of hydrogen-bond acceptors (Lipinski definition) is 3. The summed E-state index contributed by atoms with van der Waals surface area (Å²) in [6.07, 6.45) is 3.00. The van der Waals surface area contributed by atoms with E-state index in [1.807, 2.05) is 37.0 Å². The zero-order chi connectivity index (χ0) is 18.8. The Morgan fingerprint density at radius 2 is 1.96 bits per heavy atom. The molecule has 1 aromatic carbocycles. The number of thioether (sulfide) groups is 1. The van der Waals surface area contributed by atoms with Crippen LogP contribution in [0.1, 0.15) is 53.0 Å². The normalized spacial score (nSPS) is 19.1. The summed E-state index contributed by atoms with van der Waals surface area (Å²) in [6.45, 7) is 9.92. The second-order valence-electron chi connectivity index (χ2n) is 7.05. The van der Waals surface area contributed by atoms with Crippen LogP contribution in [0.4, 0.5) is 14.5 Å². The van der Waals surface area contributed by atoms with Crippen molar-refractivity contribution in [1.82, 2.24) is 0 Å². The van der Waals surface area contributed by atoms with E-state index in [1.54, 1.807) is 17.8 Å². The Hall–Kier alpha value is -1.36. The lowest BCUT2D eigenvalue weighted by Gasteiger charge is -2.40. The van der Waals surface area contributed by atoms with Crippen molar-refractivity contribution in [2.45, 2.75) is 69.4 Å². The van der Waals surface area contributed by atoms with Crippen molar-refractivity contribution in [1.29, 1.82) is 0 Å². The molecule has 0 aromatic heterocycles. The van der Waals surface area contributed by atoms with Gasteiger partial charge in [0.1, 0.15) is 0 Å². The molecule has 1 aliphatic heterocycles. The van der Waals surface area contributed by atoms with E-state index in [-0.39, 0.29) is 17.0 Å². The van der Waals surface area contributed by atoms with Gasteiger partial charge in [-0.05, 0) is 44.9 Å². The average molecular weight is 368 g/mol. The van der Waals surface area contributed by atoms with E-state index in [0.717, 1.165) is 29.6 Å². The predicted molar refractivity (Wildman–Crippen MR) is 102 cm³/mol. The van der Waals surface area contributed by atoms with Gasteiger partial charge in [0.15, 0.2) is 5.78 Å². The van der Waals surface area contributed by atoms with Crippen molar-refractivity contribution in [3.8, 4) is 0 Å². The summed E-state index contributed by atoms with van der Waals surface area (Å²) in [5.74, 6) is -2.59. The summed E-state index contributed by atoms with van der Waals surface area (Å²) in [6, 6.07) is 5.50. The molecule has 0 spiro atoms. The monoisotopic (exact) mass is 367 g/mol. The molecule has 0 bridgehead atoms. The van der Waals surface area contributed by atoms with E-state index >= 15 is 0 Å². The molecule has 1 heterocycles. The number of ketones is 1. The number of nitrogens with zero attached hydrogens (tertiary/aromatic N) is 1. The van der Waals surface area contributed by atoms with Crippen molar-refractivity contribution >= 4 is 23.2 Å². The second-order valence-corrected chi connectivity index (χ2v) is 8.80. The van der Waals surface area contributed by atoms with E-state index in [9.17, 15) is 13.6 Å². The molecule has 5 heteroatoms. The Bertz CT molecular complexity index is 677. The first-order chi connectivity index (χ1) is 11.6. The molecule has 138 valence electrons. The Morgan fingerprint density at radius 1 is 1.28 bits per heavy atom. The standard InChI is InChI=1S/C18H21F2NOS.C2H6/c1-17(2)11-21(13-5-4-6-15(13)22)14-9-12(10-18(3,19)20)7-8-16(14)23-17;1-2/h5,7-9H,4,6,10-11H2,1-3H3;1-2H3. The van der Waals surface area contributed by atoms with Gasteiger partial charge in [-0.15, -0.1) is 11.8 Å². The minimum absolute atomic E-state index is 0.0348. The molecule has 2 aliphatic rings. The van der Waals surface area contributed by atoms with Crippen LogP contribution in [0, 0.1) is 0 Å². The topological polar surface area (TPSA) is 20.3 Å². The van der Waals surface area contributed by atoms with Gasteiger partial charge < -0.3 is 4.90 Å². The summed E-state index contributed by atoms with van der Waals surface area (Å²) < 4.78 is 26.6. The van der Waals surface area contributed by atoms with Crippen molar-refractivity contribution in [2.75, 3.05) is 11.4 Å². The lowest BCUT2D eigenvalue weighted by Crippen LogP contribution is -2.40. The zero-order valence-corrected chi connectivity index (χ0v) is 16.5. The fourth-order valence-corrected chi connectivity index (χ4v) is 4.38. The van der Waals surface area contributed by atoms with E-state index < -0.39 is 5.92 Å². The second kappa shape index (κ2) is 7.48. The molecule has 1 aromatic rings. The van der Waals surface area contributed by atoms with Crippen LogP contribution in [0.5, 0.6) is 0 Å². The number of carbonyl (C=O) groups excluding carboxylic acids is 1. The van der Waals surface area contributed by atoms with Crippen LogP contribution >= 0.6 is 11.8 Å². The molecule has 0 fully saturated rings. The largest absolute Gasteiger partial charge is 0.337 e. The number of allylic oxidation sites excluding steroid dienone is 2. The summed E-state index contributed by atoms with van der Waals surface area (Å²) in [4.78, 5) is 15.2. The van der Waals surface area contributed by atoms with Crippen LogP contribution in [-0.2, 0) is 11.2 Å². The van der Waals surface area contributed by atoms with Gasteiger partial charge in [0, 0.05) is 29.0 Å².